The molecular weight excluding hydrogens is 1920 g/mol. The number of aryl methyl sites for hydroxylation is 1. The number of halogens is 9. The fraction of sp³-hybridized carbons (Fsp3) is 0.260. The van der Waals surface area contributed by atoms with E-state index >= 15 is 0 Å². The number of hydrogen-bond donors (Lipinski definition) is 3. The fourth-order valence-corrected chi connectivity index (χ4v) is 16.5. The normalized spacial score (nSPS) is 16.4. The summed E-state index contributed by atoms with van der Waals surface area (Å²) in [7, 11) is 0. The number of rotatable bonds is 23. The lowest BCUT2D eigenvalue weighted by molar-refractivity contribution is -0.0919. The van der Waals surface area contributed by atoms with Gasteiger partial charge in [0.2, 0.25) is 29.7 Å². The zero-order valence-corrected chi connectivity index (χ0v) is 79.4. The molecule has 15 aromatic rings. The Kier molecular flexibility index (Phi) is 32.7. The smallest absolute Gasteiger partial charge is 0.352 e. The van der Waals surface area contributed by atoms with Crippen LogP contribution in [0.2, 0.25) is 25.1 Å². The molecule has 3 atom stereocenters. The van der Waals surface area contributed by atoms with Crippen LogP contribution in [0, 0.1) is 30.2 Å². The van der Waals surface area contributed by atoms with E-state index < -0.39 is 35.0 Å². The number of ether oxygens (including phenoxy) is 2. The summed E-state index contributed by atoms with van der Waals surface area (Å²) < 4.78 is 72.9. The van der Waals surface area contributed by atoms with Gasteiger partial charge in [-0.2, -0.15) is 30.0 Å². The van der Waals surface area contributed by atoms with Crippen LogP contribution in [0.5, 0.6) is 5.75 Å². The van der Waals surface area contributed by atoms with Crippen molar-refractivity contribution in [2.24, 2.45) is 0 Å². The van der Waals surface area contributed by atoms with Crippen molar-refractivity contribution in [3.8, 4) is 5.75 Å². The van der Waals surface area contributed by atoms with Gasteiger partial charge in [-0.1, -0.05) is 161 Å². The first kappa shape index (κ1) is 99.8. The molecule has 3 N–H and O–H groups in total. The maximum atomic E-state index is 13.2. The number of β-amino-alcohol motifs (C(OH)–C–C–N with tert-alkyl or cyclic N) is 2. The number of aliphatic hydroxyl groups excluding tert-OH is 2. The van der Waals surface area contributed by atoms with Crippen molar-refractivity contribution in [1.82, 2.24) is 82.5 Å². The van der Waals surface area contributed by atoms with E-state index in [9.17, 15) is 56.9 Å². The standard InChI is InChI=1S/C21H20ClFN4O3.C21H18ClFN4O2.C20H18ClFN4O2.C19H16ClFN4O2.C19H21ClN6O/c22-16-5-1-14(2-6-16)11-27-13-24-19(25-20(27)29)26-10-9-21(30,18(28)12-26)15-3-7-17(23)8-4-15;22-16-5-1-14(2-6-16)11-27-13-24-20(25-21(27)29)26-10-9-18(19(28)12-26)15-3-7-17(23)8-4-15;21-16-5-1-14(2-6-16)9-26-13-23-19(24-20(26)27)25-10-18(11-25)28-12-15-3-7-17(22)8-4-15;20-14-3-1-13(2-4-14)9-25-12-22-18(23-19(25)26)24-10-17(11-24)27-16-7-5-15(21)6-8-16;1-14-6-11-26(23-14)17-7-9-24(10-8-17)18-21-13-25(19(27)22-18)12-15-2-4-16(20)5-3-15/h1-8,13,18,28,30H,9-12H2;1-9,13,19,28H,10-12H2;1-8,13,18H,9-12H2;1-8,12,17H,9-11H2;2-6,11,13,17H,7-10,12H2,1H3. The van der Waals surface area contributed by atoms with E-state index in [2.05, 4.69) is 59.8 Å². The zero-order chi connectivity index (χ0) is 98.8. The molecule has 6 aromatic heterocycles. The summed E-state index contributed by atoms with van der Waals surface area (Å²) in [5, 5.41) is 39.8. The van der Waals surface area contributed by atoms with Crippen molar-refractivity contribution < 1.29 is 42.4 Å². The molecule has 41 heteroatoms. The average Bonchev–Trinajstić information content (AvgIpc) is 0.986. The van der Waals surface area contributed by atoms with Gasteiger partial charge >= 0.3 is 28.4 Å². The number of hydrogen-bond acceptors (Lipinski definition) is 26. The van der Waals surface area contributed by atoms with Crippen LogP contribution in [-0.2, 0) is 49.7 Å². The Balaban J connectivity index is 0.000000127. The van der Waals surface area contributed by atoms with Crippen LogP contribution in [0.25, 0.3) is 5.57 Å². The third-order valence-electron chi connectivity index (χ3n) is 23.8. The van der Waals surface area contributed by atoms with Gasteiger partial charge in [-0.25, -0.2) is 66.5 Å². The van der Waals surface area contributed by atoms with Crippen LogP contribution in [0.15, 0.2) is 292 Å². The van der Waals surface area contributed by atoms with Gasteiger partial charge < -0.3 is 49.3 Å². The van der Waals surface area contributed by atoms with Crippen molar-refractivity contribution >= 4 is 93.3 Å². The highest BCUT2D eigenvalue weighted by molar-refractivity contribution is 6.31. The zero-order valence-electron chi connectivity index (χ0n) is 75.7. The van der Waals surface area contributed by atoms with Gasteiger partial charge in [-0.15, -0.1) is 0 Å². The monoisotopic (exact) mass is 2010 g/mol. The predicted octanol–water partition coefficient (Wildman–Crippen LogP) is 13.0. The van der Waals surface area contributed by atoms with Gasteiger partial charge in [-0.3, -0.25) is 27.5 Å². The largest absolute Gasteiger partial charge is 0.487 e. The van der Waals surface area contributed by atoms with Crippen molar-refractivity contribution in [3.63, 3.8) is 0 Å². The molecule has 32 nitrogen and oxygen atoms in total. The Labute approximate surface area is 829 Å². The Bertz CT molecular complexity index is 7120. The Hall–Kier alpha value is -14.2. The van der Waals surface area contributed by atoms with Crippen LogP contribution in [-0.4, -0.2) is 188 Å². The second-order valence-corrected chi connectivity index (χ2v) is 36.1. The van der Waals surface area contributed by atoms with Gasteiger partial charge in [0.25, 0.3) is 0 Å². The maximum absolute atomic E-state index is 13.2. The van der Waals surface area contributed by atoms with E-state index in [1.54, 1.807) is 101 Å². The molecule has 0 amide bonds. The molecular formula is C100H93Cl5F4N22O10. The van der Waals surface area contributed by atoms with E-state index in [0.717, 1.165) is 76.1 Å². The molecule has 4 saturated heterocycles. The first-order chi connectivity index (χ1) is 68.0. The molecule has 0 bridgehead atoms. The summed E-state index contributed by atoms with van der Waals surface area (Å²) in [6, 6.07) is 62.2. The summed E-state index contributed by atoms with van der Waals surface area (Å²) in [4.78, 5) is 113. The molecule has 5 aliphatic rings. The molecule has 0 saturated carbocycles. The second kappa shape index (κ2) is 46.3. The highest BCUT2D eigenvalue weighted by atomic mass is 35.5. The number of benzene rings is 9. The number of piperidine rings is 2. The van der Waals surface area contributed by atoms with Crippen LogP contribution in [0.4, 0.5) is 47.3 Å². The van der Waals surface area contributed by atoms with Crippen LogP contribution in [0.1, 0.15) is 75.5 Å². The Morgan fingerprint density at radius 1 is 0.383 bits per heavy atom. The minimum absolute atomic E-state index is 0.0325. The van der Waals surface area contributed by atoms with Gasteiger partial charge in [0.05, 0.1) is 82.9 Å². The molecule has 11 heterocycles. The molecule has 0 radical (unpaired) electrons. The van der Waals surface area contributed by atoms with Crippen molar-refractivity contribution in [1.29, 1.82) is 0 Å². The van der Waals surface area contributed by atoms with Gasteiger partial charge in [-0.05, 0) is 197 Å². The Morgan fingerprint density at radius 3 is 1.09 bits per heavy atom. The second-order valence-electron chi connectivity index (χ2n) is 33.9. The van der Waals surface area contributed by atoms with E-state index in [4.69, 9.17) is 67.5 Å². The quantitative estimate of drug-likeness (QED) is 0.0501. The summed E-state index contributed by atoms with van der Waals surface area (Å²) in [5.41, 5.74) is 5.13. The number of aliphatic hydroxyl groups is 3. The van der Waals surface area contributed by atoms with Gasteiger partial charge in [0.15, 0.2) is 0 Å². The van der Waals surface area contributed by atoms with Gasteiger partial charge in [0.1, 0.15) is 78.5 Å². The van der Waals surface area contributed by atoms with Crippen LogP contribution in [0.3, 0.4) is 0 Å². The summed E-state index contributed by atoms with van der Waals surface area (Å²) in [6.07, 6.45) is 11.4. The van der Waals surface area contributed by atoms with Crippen LogP contribution < -0.4 is 57.7 Å². The first-order valence-electron chi connectivity index (χ1n) is 44.8. The number of anilines is 5. The lowest BCUT2D eigenvalue weighted by Gasteiger charge is -2.42. The van der Waals surface area contributed by atoms with Crippen molar-refractivity contribution in [2.45, 2.75) is 102 Å². The maximum Gasteiger partial charge on any atom is 0.352 e. The number of aromatic nitrogens is 17. The van der Waals surface area contributed by atoms with Crippen molar-refractivity contribution in [2.75, 3.05) is 89.9 Å². The molecule has 726 valence electrons. The molecule has 0 aliphatic carbocycles. The first-order valence-corrected chi connectivity index (χ1v) is 46.7. The fourth-order valence-electron chi connectivity index (χ4n) is 15.9. The lowest BCUT2D eigenvalue weighted by Crippen LogP contribution is -2.55. The van der Waals surface area contributed by atoms with E-state index in [1.165, 1.54) is 109 Å². The molecule has 5 aliphatic heterocycles. The van der Waals surface area contributed by atoms with E-state index in [-0.39, 0.29) is 78.1 Å². The average molecular weight is 2020 g/mol. The summed E-state index contributed by atoms with van der Waals surface area (Å²) in [5.74, 6) is 1.04. The predicted molar refractivity (Wildman–Crippen MR) is 528 cm³/mol. The highest BCUT2D eigenvalue weighted by Crippen LogP contribution is 2.35. The molecule has 0 spiro atoms. The molecule has 9 aromatic carbocycles. The molecule has 4 fully saturated rings. The minimum atomic E-state index is -1.51. The third-order valence-corrected chi connectivity index (χ3v) is 25.1. The van der Waals surface area contributed by atoms with Crippen molar-refractivity contribution in [3.05, 3.63) is 419 Å². The summed E-state index contributed by atoms with van der Waals surface area (Å²) in [6.45, 7) is 9.28. The van der Waals surface area contributed by atoms with E-state index in [0.29, 0.717) is 139 Å². The topological polar surface area (TPSA) is 352 Å². The SMILES string of the molecule is Cc1ccn(C2CCN(c3ncn(Cc4ccc(Cl)cc4)c(=O)n3)CC2)n1.O=c1nc(N2CC(OCc3ccc(F)cc3)C2)ncn1Cc1ccc(Cl)cc1.O=c1nc(N2CC(Oc3ccc(F)cc3)C2)ncn1Cc1ccc(Cl)cc1.O=c1nc(N2CC=C(c3ccc(F)cc3)C(O)C2)ncn1Cc1ccc(Cl)cc1.O=c1nc(N2CCC(O)(c3ccc(F)cc3)C(O)C2)ncn1Cc1ccc(Cl)cc1. The molecule has 141 heavy (non-hydrogen) atoms. The van der Waals surface area contributed by atoms with Crippen LogP contribution >= 0.6 is 58.0 Å². The minimum Gasteiger partial charge on any atom is -0.487 e. The van der Waals surface area contributed by atoms with E-state index in [1.807, 2.05) is 113 Å². The lowest BCUT2D eigenvalue weighted by atomic mass is 9.82. The molecule has 3 unspecified atom stereocenters. The Morgan fingerprint density at radius 2 is 0.723 bits per heavy atom. The summed E-state index contributed by atoms with van der Waals surface area (Å²) >= 11 is 29.4. The van der Waals surface area contributed by atoms with Gasteiger partial charge in [0, 0.05) is 83.5 Å². The molecule has 20 rings (SSSR count). The third kappa shape index (κ3) is 26.9. The number of nitrogens with zero attached hydrogens (tertiary/aromatic N) is 22. The highest BCUT2D eigenvalue weighted by Gasteiger charge is 2.43.